The fraction of sp³-hybridized carbons (Fsp3) is 0.278. The van der Waals surface area contributed by atoms with E-state index in [9.17, 15) is 14.9 Å². The van der Waals surface area contributed by atoms with Crippen LogP contribution in [0.4, 0.5) is 5.69 Å². The summed E-state index contributed by atoms with van der Waals surface area (Å²) in [6.45, 7) is 1.92. The first-order valence-corrected chi connectivity index (χ1v) is 8.05. The van der Waals surface area contributed by atoms with E-state index in [4.69, 9.17) is 18.9 Å². The van der Waals surface area contributed by atoms with E-state index in [1.165, 1.54) is 26.4 Å². The van der Waals surface area contributed by atoms with Gasteiger partial charge in [0.2, 0.25) is 6.79 Å². The number of benzene rings is 2. The molecule has 9 heteroatoms. The third-order valence-electron chi connectivity index (χ3n) is 4.19. The molecule has 1 heterocycles. The zero-order valence-electron chi connectivity index (χ0n) is 15.0. The van der Waals surface area contributed by atoms with Gasteiger partial charge in [-0.1, -0.05) is 6.07 Å². The molecule has 142 valence electrons. The lowest BCUT2D eigenvalue weighted by Gasteiger charge is -2.16. The van der Waals surface area contributed by atoms with Gasteiger partial charge >= 0.3 is 0 Å². The Morgan fingerprint density at radius 1 is 1.15 bits per heavy atom. The Hall–Kier alpha value is -3.49. The van der Waals surface area contributed by atoms with Gasteiger partial charge in [0.05, 0.1) is 31.3 Å². The first-order chi connectivity index (χ1) is 12.9. The second-order valence-corrected chi connectivity index (χ2v) is 5.79. The van der Waals surface area contributed by atoms with Gasteiger partial charge in [-0.05, 0) is 24.6 Å². The Labute approximate surface area is 154 Å². The third-order valence-corrected chi connectivity index (χ3v) is 4.19. The molecule has 27 heavy (non-hydrogen) atoms. The lowest BCUT2D eigenvalue weighted by molar-refractivity contribution is -0.385. The van der Waals surface area contributed by atoms with Crippen LogP contribution >= 0.6 is 0 Å². The normalized spacial score (nSPS) is 13.0. The molecule has 2 aromatic carbocycles. The van der Waals surface area contributed by atoms with Gasteiger partial charge in [0.1, 0.15) is 5.56 Å². The van der Waals surface area contributed by atoms with E-state index in [1.54, 1.807) is 25.1 Å². The molecule has 0 bridgehead atoms. The number of rotatable bonds is 6. The smallest absolute Gasteiger partial charge is 0.286 e. The van der Waals surface area contributed by atoms with Crippen molar-refractivity contribution in [2.24, 2.45) is 0 Å². The van der Waals surface area contributed by atoms with Crippen molar-refractivity contribution in [2.75, 3.05) is 21.0 Å². The fourth-order valence-corrected chi connectivity index (χ4v) is 2.74. The van der Waals surface area contributed by atoms with Gasteiger partial charge in [-0.2, -0.15) is 0 Å². The van der Waals surface area contributed by atoms with E-state index in [1.807, 2.05) is 0 Å². The van der Waals surface area contributed by atoms with Crippen LogP contribution in [-0.4, -0.2) is 31.8 Å². The number of carbonyl (C=O) groups excluding carboxylic acids is 1. The summed E-state index contributed by atoms with van der Waals surface area (Å²) in [6.07, 6.45) is 0. The maximum absolute atomic E-state index is 12.7. The molecule has 1 unspecified atom stereocenters. The van der Waals surface area contributed by atoms with Crippen LogP contribution < -0.4 is 24.3 Å². The van der Waals surface area contributed by atoms with E-state index in [0.29, 0.717) is 11.5 Å². The van der Waals surface area contributed by atoms with Crippen LogP contribution in [-0.2, 0) is 0 Å². The molecule has 2 aromatic rings. The third kappa shape index (κ3) is 3.57. The number of ether oxygens (including phenoxy) is 4. The quantitative estimate of drug-likeness (QED) is 0.611. The highest BCUT2D eigenvalue weighted by molar-refractivity contribution is 5.99. The molecule has 0 spiro atoms. The van der Waals surface area contributed by atoms with E-state index in [-0.39, 0.29) is 29.5 Å². The molecule has 1 aliphatic heterocycles. The summed E-state index contributed by atoms with van der Waals surface area (Å²) in [5, 5.41) is 14.1. The zero-order valence-corrected chi connectivity index (χ0v) is 15.0. The van der Waals surface area contributed by atoms with Gasteiger partial charge in [0, 0.05) is 6.07 Å². The topological polar surface area (TPSA) is 109 Å². The SMILES string of the molecule is COc1cc(C(=O)NC(C)c2ccc3c(c2)OCO3)c([N+](=O)[O-])cc1OC. The average molecular weight is 374 g/mol. The summed E-state index contributed by atoms with van der Waals surface area (Å²) in [6, 6.07) is 7.34. The maximum Gasteiger partial charge on any atom is 0.286 e. The molecule has 0 aromatic heterocycles. The van der Waals surface area contributed by atoms with Crippen LogP contribution in [0.3, 0.4) is 0 Å². The highest BCUT2D eigenvalue weighted by Crippen LogP contribution is 2.36. The first-order valence-electron chi connectivity index (χ1n) is 8.05. The lowest BCUT2D eigenvalue weighted by atomic mass is 10.1. The number of methoxy groups -OCH3 is 2. The Morgan fingerprint density at radius 3 is 2.48 bits per heavy atom. The second-order valence-electron chi connectivity index (χ2n) is 5.79. The van der Waals surface area contributed by atoms with Crippen molar-refractivity contribution in [2.45, 2.75) is 13.0 Å². The van der Waals surface area contributed by atoms with E-state index in [2.05, 4.69) is 5.32 Å². The molecule has 0 saturated heterocycles. The Morgan fingerprint density at radius 2 is 1.81 bits per heavy atom. The number of carbonyl (C=O) groups is 1. The second kappa shape index (κ2) is 7.40. The maximum atomic E-state index is 12.7. The molecule has 0 saturated carbocycles. The van der Waals surface area contributed by atoms with Gasteiger partial charge in [-0.25, -0.2) is 0 Å². The molecule has 0 fully saturated rings. The van der Waals surface area contributed by atoms with Crippen LogP contribution in [0.1, 0.15) is 28.9 Å². The lowest BCUT2D eigenvalue weighted by Crippen LogP contribution is -2.27. The summed E-state index contributed by atoms with van der Waals surface area (Å²) in [5.41, 5.74) is 0.281. The summed E-state index contributed by atoms with van der Waals surface area (Å²) in [4.78, 5) is 23.4. The Kier molecular flexibility index (Phi) is 5.02. The molecule has 0 radical (unpaired) electrons. The predicted octanol–water partition coefficient (Wildman–Crippen LogP) is 2.83. The van der Waals surface area contributed by atoms with Crippen molar-refractivity contribution >= 4 is 11.6 Å². The number of hydrogen-bond donors (Lipinski definition) is 1. The highest BCUT2D eigenvalue weighted by atomic mass is 16.7. The zero-order chi connectivity index (χ0) is 19.6. The summed E-state index contributed by atoms with van der Waals surface area (Å²) >= 11 is 0. The van der Waals surface area contributed by atoms with Crippen LogP contribution in [0.2, 0.25) is 0 Å². The molecular weight excluding hydrogens is 356 g/mol. The van der Waals surface area contributed by atoms with Gasteiger partial charge < -0.3 is 24.3 Å². The minimum absolute atomic E-state index is 0.120. The van der Waals surface area contributed by atoms with Crippen LogP contribution in [0.25, 0.3) is 0 Å². The number of nitrogens with zero attached hydrogens (tertiary/aromatic N) is 1. The van der Waals surface area contributed by atoms with Crippen molar-refractivity contribution in [3.8, 4) is 23.0 Å². The standard InChI is InChI=1S/C18H18N2O7/c1-10(11-4-5-14-17(6-11)27-9-26-14)19-18(21)12-7-15(24-2)16(25-3)8-13(12)20(22)23/h4-8,10H,9H2,1-3H3,(H,19,21). The number of nitro benzene ring substituents is 1. The van der Waals surface area contributed by atoms with E-state index >= 15 is 0 Å². The average Bonchev–Trinajstić information content (AvgIpc) is 3.14. The van der Waals surface area contributed by atoms with Gasteiger partial charge in [-0.3, -0.25) is 14.9 Å². The first kappa shape index (κ1) is 18.3. The van der Waals surface area contributed by atoms with Crippen LogP contribution in [0.5, 0.6) is 23.0 Å². The molecule has 1 aliphatic rings. The number of hydrogen-bond acceptors (Lipinski definition) is 7. The molecule has 3 rings (SSSR count). The molecule has 9 nitrogen and oxygen atoms in total. The molecule has 0 aliphatic carbocycles. The number of fused-ring (bicyclic) bond motifs is 1. The molecule has 1 N–H and O–H groups in total. The predicted molar refractivity (Wildman–Crippen MR) is 94.6 cm³/mol. The van der Waals surface area contributed by atoms with Crippen molar-refractivity contribution in [1.29, 1.82) is 0 Å². The monoisotopic (exact) mass is 374 g/mol. The largest absolute Gasteiger partial charge is 0.493 e. The summed E-state index contributed by atoms with van der Waals surface area (Å²) in [5.74, 6) is 1.01. The number of nitro groups is 1. The minimum atomic E-state index is -0.637. The fourth-order valence-electron chi connectivity index (χ4n) is 2.74. The van der Waals surface area contributed by atoms with Gasteiger partial charge in [0.25, 0.3) is 11.6 Å². The molecule has 1 amide bonds. The van der Waals surface area contributed by atoms with Crippen molar-refractivity contribution < 1.29 is 28.7 Å². The van der Waals surface area contributed by atoms with Crippen LogP contribution in [0.15, 0.2) is 30.3 Å². The number of amides is 1. The highest BCUT2D eigenvalue weighted by Gasteiger charge is 2.26. The Bertz CT molecular complexity index is 898. The Balaban J connectivity index is 1.87. The minimum Gasteiger partial charge on any atom is -0.493 e. The summed E-state index contributed by atoms with van der Waals surface area (Å²) < 4.78 is 20.8. The molecular formula is C18H18N2O7. The molecule has 1 atom stereocenters. The van der Waals surface area contributed by atoms with Gasteiger partial charge in [0.15, 0.2) is 23.0 Å². The van der Waals surface area contributed by atoms with Gasteiger partial charge in [-0.15, -0.1) is 0 Å². The van der Waals surface area contributed by atoms with Crippen LogP contribution in [0, 0.1) is 10.1 Å². The number of nitrogens with one attached hydrogen (secondary N) is 1. The van der Waals surface area contributed by atoms with E-state index < -0.39 is 16.9 Å². The van der Waals surface area contributed by atoms with E-state index in [0.717, 1.165) is 5.56 Å². The van der Waals surface area contributed by atoms with Crippen molar-refractivity contribution in [1.82, 2.24) is 5.32 Å². The van der Waals surface area contributed by atoms with Crippen molar-refractivity contribution in [3.63, 3.8) is 0 Å². The van der Waals surface area contributed by atoms with Crippen molar-refractivity contribution in [3.05, 3.63) is 51.6 Å². The summed E-state index contributed by atoms with van der Waals surface area (Å²) in [7, 11) is 2.75.